The van der Waals surface area contributed by atoms with E-state index in [0.29, 0.717) is 11.8 Å². The van der Waals surface area contributed by atoms with E-state index in [9.17, 15) is 0 Å². The number of hydrogen-bond acceptors (Lipinski definition) is 1. The molecular weight excluding hydrogens is 302 g/mol. The molecule has 0 fully saturated rings. The van der Waals surface area contributed by atoms with Crippen LogP contribution in [0.1, 0.15) is 77.0 Å². The fourth-order valence-corrected chi connectivity index (χ4v) is 3.04. The van der Waals surface area contributed by atoms with Crippen LogP contribution in [0.4, 0.5) is 5.69 Å². The van der Waals surface area contributed by atoms with Crippen LogP contribution in [-0.4, -0.2) is 5.71 Å². The summed E-state index contributed by atoms with van der Waals surface area (Å²) in [6.45, 7) is 15.8. The molecule has 2 aromatic carbocycles. The Bertz CT molecular complexity index is 689. The molecule has 2 rings (SSSR count). The third kappa shape index (κ3) is 5.04. The van der Waals surface area contributed by atoms with Crippen LogP contribution in [0.25, 0.3) is 0 Å². The van der Waals surface area contributed by atoms with Gasteiger partial charge < -0.3 is 0 Å². The maximum atomic E-state index is 5.28. The van der Waals surface area contributed by atoms with Crippen LogP contribution >= 0.6 is 0 Å². The van der Waals surface area contributed by atoms with Crippen molar-refractivity contribution in [1.82, 2.24) is 0 Å². The van der Waals surface area contributed by atoms with Crippen LogP contribution in [0.5, 0.6) is 0 Å². The van der Waals surface area contributed by atoms with Crippen molar-refractivity contribution < 1.29 is 0 Å². The van der Waals surface area contributed by atoms with Crippen molar-refractivity contribution in [2.24, 2.45) is 10.4 Å². The van der Waals surface area contributed by atoms with Gasteiger partial charge in [0.05, 0.1) is 5.69 Å². The van der Waals surface area contributed by atoms with Crippen LogP contribution in [-0.2, 0) is 6.42 Å². The number of rotatable bonds is 5. The molecule has 0 aliphatic heterocycles. The highest BCUT2D eigenvalue weighted by Crippen LogP contribution is 2.36. The highest BCUT2D eigenvalue weighted by atomic mass is 14.8. The summed E-state index contributed by atoms with van der Waals surface area (Å²) in [6.07, 6.45) is 0.897. The van der Waals surface area contributed by atoms with E-state index in [1.807, 2.05) is 0 Å². The largest absolute Gasteiger partial charge is 0.256 e. The van der Waals surface area contributed by atoms with Gasteiger partial charge >= 0.3 is 0 Å². The topological polar surface area (TPSA) is 12.4 Å². The molecule has 0 radical (unpaired) electrons. The van der Waals surface area contributed by atoms with Crippen molar-refractivity contribution in [3.05, 3.63) is 65.2 Å². The van der Waals surface area contributed by atoms with Crippen molar-refractivity contribution in [3.8, 4) is 0 Å². The number of hydrogen-bond donors (Lipinski definition) is 0. The molecule has 1 heteroatoms. The molecule has 2 aromatic rings. The third-order valence-electron chi connectivity index (χ3n) is 4.67. The SMILES string of the molecule is CC(C)c1cccc(C(C)C)c1N=C(Cc1ccccc1)C(C)(C)C. The lowest BCUT2D eigenvalue weighted by Gasteiger charge is -2.24. The van der Waals surface area contributed by atoms with Crippen molar-refractivity contribution in [3.63, 3.8) is 0 Å². The second-order valence-corrected chi connectivity index (χ2v) is 8.57. The van der Waals surface area contributed by atoms with E-state index in [4.69, 9.17) is 4.99 Å². The van der Waals surface area contributed by atoms with E-state index in [1.54, 1.807) is 0 Å². The predicted molar refractivity (Wildman–Crippen MR) is 111 cm³/mol. The third-order valence-corrected chi connectivity index (χ3v) is 4.67. The van der Waals surface area contributed by atoms with E-state index in [0.717, 1.165) is 6.42 Å². The van der Waals surface area contributed by atoms with Crippen LogP contribution in [0.3, 0.4) is 0 Å². The minimum atomic E-state index is 0.0359. The van der Waals surface area contributed by atoms with Gasteiger partial charge in [-0.3, -0.25) is 4.99 Å². The van der Waals surface area contributed by atoms with Gasteiger partial charge in [-0.1, -0.05) is 97.0 Å². The summed E-state index contributed by atoms with van der Waals surface area (Å²) in [5, 5.41) is 0. The zero-order valence-corrected chi connectivity index (χ0v) is 16.9. The van der Waals surface area contributed by atoms with Crippen LogP contribution in [0.15, 0.2) is 53.5 Å². The molecule has 0 aliphatic carbocycles. The van der Waals surface area contributed by atoms with E-state index in [1.165, 1.54) is 28.1 Å². The zero-order chi connectivity index (χ0) is 18.6. The molecule has 0 amide bonds. The fraction of sp³-hybridized carbons (Fsp3) is 0.458. The molecule has 25 heavy (non-hydrogen) atoms. The Balaban J connectivity index is 2.59. The smallest absolute Gasteiger partial charge is 0.0698 e. The van der Waals surface area contributed by atoms with Crippen molar-refractivity contribution in [1.29, 1.82) is 0 Å². The van der Waals surface area contributed by atoms with Crippen molar-refractivity contribution >= 4 is 11.4 Å². The van der Waals surface area contributed by atoms with Gasteiger partial charge in [0.2, 0.25) is 0 Å². The van der Waals surface area contributed by atoms with E-state index >= 15 is 0 Å². The highest BCUT2D eigenvalue weighted by Gasteiger charge is 2.21. The minimum absolute atomic E-state index is 0.0359. The Kier molecular flexibility index (Phi) is 6.21. The van der Waals surface area contributed by atoms with Gasteiger partial charge in [-0.05, 0) is 28.5 Å². The maximum absolute atomic E-state index is 5.28. The van der Waals surface area contributed by atoms with Gasteiger partial charge in [0.15, 0.2) is 0 Å². The Labute approximate surface area is 154 Å². The van der Waals surface area contributed by atoms with E-state index in [-0.39, 0.29) is 5.41 Å². The van der Waals surface area contributed by atoms with Crippen LogP contribution < -0.4 is 0 Å². The Morgan fingerprint density at radius 3 is 1.76 bits per heavy atom. The number of benzene rings is 2. The van der Waals surface area contributed by atoms with Crippen LogP contribution in [0, 0.1) is 5.41 Å². The van der Waals surface area contributed by atoms with Crippen molar-refractivity contribution in [2.45, 2.75) is 66.7 Å². The quantitative estimate of drug-likeness (QED) is 0.508. The molecule has 0 atom stereocenters. The lowest BCUT2D eigenvalue weighted by molar-refractivity contribution is 0.581. The van der Waals surface area contributed by atoms with Crippen LogP contribution in [0.2, 0.25) is 0 Å². The molecule has 0 aromatic heterocycles. The summed E-state index contributed by atoms with van der Waals surface area (Å²) in [5.74, 6) is 0.936. The first kappa shape index (κ1) is 19.4. The monoisotopic (exact) mass is 335 g/mol. The molecule has 0 bridgehead atoms. The van der Waals surface area contributed by atoms with Gasteiger partial charge in [-0.15, -0.1) is 0 Å². The van der Waals surface area contributed by atoms with E-state index < -0.39 is 0 Å². The first-order chi connectivity index (χ1) is 11.7. The maximum Gasteiger partial charge on any atom is 0.0698 e. The van der Waals surface area contributed by atoms with Crippen molar-refractivity contribution in [2.75, 3.05) is 0 Å². The minimum Gasteiger partial charge on any atom is -0.256 e. The Morgan fingerprint density at radius 1 is 0.800 bits per heavy atom. The zero-order valence-electron chi connectivity index (χ0n) is 16.9. The molecule has 134 valence electrons. The summed E-state index contributed by atoms with van der Waals surface area (Å²) in [7, 11) is 0. The average Bonchev–Trinajstić information content (AvgIpc) is 2.54. The highest BCUT2D eigenvalue weighted by molar-refractivity contribution is 5.93. The summed E-state index contributed by atoms with van der Waals surface area (Å²) in [6, 6.07) is 17.3. The Hall–Kier alpha value is -1.89. The normalized spacial score (nSPS) is 12.9. The molecule has 0 aliphatic rings. The Morgan fingerprint density at radius 2 is 1.32 bits per heavy atom. The molecule has 0 N–H and O–H groups in total. The lowest BCUT2D eigenvalue weighted by atomic mass is 9.85. The molecule has 0 saturated carbocycles. The summed E-state index contributed by atoms with van der Waals surface area (Å²) in [4.78, 5) is 5.28. The fourth-order valence-electron chi connectivity index (χ4n) is 3.04. The lowest BCUT2D eigenvalue weighted by Crippen LogP contribution is -2.22. The predicted octanol–water partition coefficient (Wildman–Crippen LogP) is 7.29. The average molecular weight is 336 g/mol. The summed E-state index contributed by atoms with van der Waals surface area (Å²) >= 11 is 0. The first-order valence-electron chi connectivity index (χ1n) is 9.45. The van der Waals surface area contributed by atoms with Gasteiger partial charge in [0.1, 0.15) is 0 Å². The summed E-state index contributed by atoms with van der Waals surface area (Å²) < 4.78 is 0. The van der Waals surface area contributed by atoms with Gasteiger partial charge in [-0.2, -0.15) is 0 Å². The molecule has 1 nitrogen and oxygen atoms in total. The number of aliphatic imine (C=N–C) groups is 1. The second-order valence-electron chi connectivity index (χ2n) is 8.57. The molecule has 0 unspecified atom stereocenters. The number of para-hydroxylation sites is 1. The number of nitrogens with zero attached hydrogens (tertiary/aromatic N) is 1. The van der Waals surface area contributed by atoms with Gasteiger partial charge in [-0.25, -0.2) is 0 Å². The van der Waals surface area contributed by atoms with Gasteiger partial charge in [0, 0.05) is 17.5 Å². The van der Waals surface area contributed by atoms with Gasteiger partial charge in [0.25, 0.3) is 0 Å². The standard InChI is InChI=1S/C24H33N/c1-17(2)20-14-11-15-21(18(3)4)23(20)25-22(24(5,6)7)16-19-12-9-8-10-13-19/h8-15,17-18H,16H2,1-7H3. The molecule has 0 heterocycles. The second kappa shape index (κ2) is 7.99. The molecule has 0 saturated heterocycles. The summed E-state index contributed by atoms with van der Waals surface area (Å²) in [5.41, 5.74) is 6.49. The molecular formula is C24H33N. The molecule has 0 spiro atoms. The first-order valence-corrected chi connectivity index (χ1v) is 9.45. The van der Waals surface area contributed by atoms with E-state index in [2.05, 4.69) is 97.0 Å².